The third kappa shape index (κ3) is 2.98. The quantitative estimate of drug-likeness (QED) is 0.837. The van der Waals surface area contributed by atoms with Gasteiger partial charge in [-0.3, -0.25) is 0 Å². The Bertz CT molecular complexity index is 836. The molecule has 0 radical (unpaired) electrons. The Labute approximate surface area is 153 Å². The SMILES string of the molecule is CC(C)(C)c1ccccc1NC(=O)Nc1c2c(cc3c1OCC3)OCC2. The van der Waals surface area contributed by atoms with Crippen LogP contribution in [-0.4, -0.2) is 19.2 Å². The predicted octanol–water partition coefficient (Wildman–Crippen LogP) is 4.50. The van der Waals surface area contributed by atoms with Crippen LogP contribution in [0.15, 0.2) is 30.3 Å². The zero-order chi connectivity index (χ0) is 18.3. The highest BCUT2D eigenvalue weighted by atomic mass is 16.5. The van der Waals surface area contributed by atoms with E-state index in [1.165, 1.54) is 0 Å². The molecule has 136 valence electrons. The molecule has 2 aliphatic rings. The predicted molar refractivity (Wildman–Crippen MR) is 103 cm³/mol. The highest BCUT2D eigenvalue weighted by Gasteiger charge is 2.28. The minimum Gasteiger partial charge on any atom is -0.493 e. The topological polar surface area (TPSA) is 59.6 Å². The lowest BCUT2D eigenvalue weighted by molar-refractivity contribution is 0.262. The van der Waals surface area contributed by atoms with Crippen molar-refractivity contribution in [3.8, 4) is 11.5 Å². The van der Waals surface area contributed by atoms with Crippen molar-refractivity contribution in [2.24, 2.45) is 0 Å². The molecule has 0 unspecified atom stereocenters. The molecule has 0 aromatic heterocycles. The number of amides is 2. The van der Waals surface area contributed by atoms with E-state index in [0.717, 1.165) is 52.4 Å². The molecule has 0 aliphatic carbocycles. The number of benzene rings is 2. The number of para-hydroxylation sites is 1. The van der Waals surface area contributed by atoms with Gasteiger partial charge in [0.1, 0.15) is 11.5 Å². The second-order valence-corrected chi connectivity index (χ2v) is 7.79. The number of ether oxygens (including phenoxy) is 2. The second kappa shape index (κ2) is 6.24. The summed E-state index contributed by atoms with van der Waals surface area (Å²) >= 11 is 0. The van der Waals surface area contributed by atoms with Crippen molar-refractivity contribution in [2.45, 2.75) is 39.0 Å². The first-order chi connectivity index (χ1) is 12.4. The van der Waals surface area contributed by atoms with E-state index in [1.807, 2.05) is 30.3 Å². The van der Waals surface area contributed by atoms with Gasteiger partial charge in [-0.15, -0.1) is 0 Å². The van der Waals surface area contributed by atoms with Crippen LogP contribution in [0.25, 0.3) is 0 Å². The fourth-order valence-electron chi connectivity index (χ4n) is 3.63. The molecule has 0 atom stereocenters. The monoisotopic (exact) mass is 352 g/mol. The van der Waals surface area contributed by atoms with Crippen LogP contribution in [-0.2, 0) is 18.3 Å². The molecule has 26 heavy (non-hydrogen) atoms. The Balaban J connectivity index is 1.61. The van der Waals surface area contributed by atoms with Crippen molar-refractivity contribution in [3.05, 3.63) is 47.0 Å². The van der Waals surface area contributed by atoms with Gasteiger partial charge < -0.3 is 20.1 Å². The fourth-order valence-corrected chi connectivity index (χ4v) is 3.63. The summed E-state index contributed by atoms with van der Waals surface area (Å²) in [5.41, 5.74) is 4.71. The molecule has 0 saturated heterocycles. The number of urea groups is 1. The van der Waals surface area contributed by atoms with Gasteiger partial charge in [-0.1, -0.05) is 39.0 Å². The van der Waals surface area contributed by atoms with Crippen LogP contribution in [0.5, 0.6) is 11.5 Å². The first kappa shape index (κ1) is 16.8. The first-order valence-corrected chi connectivity index (χ1v) is 9.05. The summed E-state index contributed by atoms with van der Waals surface area (Å²) in [6.07, 6.45) is 1.62. The molecular weight excluding hydrogens is 328 g/mol. The van der Waals surface area contributed by atoms with Crippen molar-refractivity contribution < 1.29 is 14.3 Å². The summed E-state index contributed by atoms with van der Waals surface area (Å²) in [6.45, 7) is 7.68. The maximum Gasteiger partial charge on any atom is 0.323 e. The van der Waals surface area contributed by atoms with Crippen LogP contribution in [0.4, 0.5) is 16.2 Å². The maximum absolute atomic E-state index is 12.7. The Morgan fingerprint density at radius 3 is 2.62 bits per heavy atom. The molecular formula is C21H24N2O3. The van der Waals surface area contributed by atoms with Crippen LogP contribution in [0.1, 0.15) is 37.5 Å². The van der Waals surface area contributed by atoms with Crippen LogP contribution in [0, 0.1) is 0 Å². The number of hydrogen-bond donors (Lipinski definition) is 2. The van der Waals surface area contributed by atoms with Gasteiger partial charge in [0.05, 0.1) is 18.9 Å². The van der Waals surface area contributed by atoms with Gasteiger partial charge >= 0.3 is 6.03 Å². The number of carbonyl (C=O) groups is 1. The largest absolute Gasteiger partial charge is 0.493 e. The number of nitrogens with one attached hydrogen (secondary N) is 2. The zero-order valence-corrected chi connectivity index (χ0v) is 15.4. The van der Waals surface area contributed by atoms with Crippen molar-refractivity contribution in [3.63, 3.8) is 0 Å². The molecule has 2 N–H and O–H groups in total. The molecule has 5 heteroatoms. The van der Waals surface area contributed by atoms with Crippen LogP contribution in [0.2, 0.25) is 0 Å². The fraction of sp³-hybridized carbons (Fsp3) is 0.381. The van der Waals surface area contributed by atoms with Crippen molar-refractivity contribution in [1.82, 2.24) is 0 Å². The molecule has 2 aliphatic heterocycles. The highest BCUT2D eigenvalue weighted by Crippen LogP contribution is 2.44. The Morgan fingerprint density at radius 2 is 1.81 bits per heavy atom. The Morgan fingerprint density at radius 1 is 1.04 bits per heavy atom. The van der Waals surface area contributed by atoms with Crippen molar-refractivity contribution >= 4 is 17.4 Å². The van der Waals surface area contributed by atoms with E-state index in [-0.39, 0.29) is 11.4 Å². The number of hydrogen-bond acceptors (Lipinski definition) is 3. The molecule has 2 amide bonds. The van der Waals surface area contributed by atoms with Gasteiger partial charge in [0, 0.05) is 29.7 Å². The van der Waals surface area contributed by atoms with Gasteiger partial charge in [-0.25, -0.2) is 4.79 Å². The molecule has 2 aromatic carbocycles. The zero-order valence-electron chi connectivity index (χ0n) is 15.4. The van der Waals surface area contributed by atoms with Gasteiger partial charge in [0.2, 0.25) is 0 Å². The van der Waals surface area contributed by atoms with E-state index in [0.29, 0.717) is 13.2 Å². The lowest BCUT2D eigenvalue weighted by atomic mass is 9.86. The summed E-state index contributed by atoms with van der Waals surface area (Å²) in [7, 11) is 0. The molecule has 0 fully saturated rings. The maximum atomic E-state index is 12.7. The van der Waals surface area contributed by atoms with Crippen LogP contribution >= 0.6 is 0 Å². The number of anilines is 2. The van der Waals surface area contributed by atoms with Crippen molar-refractivity contribution in [1.29, 1.82) is 0 Å². The minimum atomic E-state index is -0.264. The summed E-state index contributed by atoms with van der Waals surface area (Å²) < 4.78 is 11.5. The van der Waals surface area contributed by atoms with E-state index in [2.05, 4.69) is 31.4 Å². The van der Waals surface area contributed by atoms with E-state index in [4.69, 9.17) is 9.47 Å². The molecule has 0 saturated carbocycles. The lowest BCUT2D eigenvalue weighted by Crippen LogP contribution is -2.23. The number of carbonyl (C=O) groups excluding carboxylic acids is 1. The standard InChI is InChI=1S/C21H24N2O3/c1-21(2,3)15-6-4-5-7-16(15)22-20(24)23-18-14-9-11-25-17(14)12-13-8-10-26-19(13)18/h4-7,12H,8-11H2,1-3H3,(H2,22,23,24). The average molecular weight is 352 g/mol. The smallest absolute Gasteiger partial charge is 0.323 e. The number of fused-ring (bicyclic) bond motifs is 2. The van der Waals surface area contributed by atoms with E-state index in [1.54, 1.807) is 0 Å². The minimum absolute atomic E-state index is 0.0595. The van der Waals surface area contributed by atoms with Gasteiger partial charge in [0.25, 0.3) is 0 Å². The first-order valence-electron chi connectivity index (χ1n) is 9.05. The van der Waals surface area contributed by atoms with Crippen LogP contribution in [0.3, 0.4) is 0 Å². The van der Waals surface area contributed by atoms with Gasteiger partial charge in [0.15, 0.2) is 0 Å². The van der Waals surface area contributed by atoms with E-state index < -0.39 is 0 Å². The van der Waals surface area contributed by atoms with E-state index >= 15 is 0 Å². The van der Waals surface area contributed by atoms with Gasteiger partial charge in [-0.2, -0.15) is 0 Å². The molecule has 0 bridgehead atoms. The van der Waals surface area contributed by atoms with Crippen LogP contribution < -0.4 is 20.1 Å². The lowest BCUT2D eigenvalue weighted by Gasteiger charge is -2.23. The van der Waals surface area contributed by atoms with Gasteiger partial charge in [-0.05, 0) is 23.1 Å². The third-order valence-corrected chi connectivity index (χ3v) is 4.87. The van der Waals surface area contributed by atoms with Crippen molar-refractivity contribution in [2.75, 3.05) is 23.8 Å². The summed E-state index contributed by atoms with van der Waals surface area (Å²) in [5.74, 6) is 1.65. The third-order valence-electron chi connectivity index (χ3n) is 4.87. The molecule has 2 aromatic rings. The Hall–Kier alpha value is -2.69. The number of rotatable bonds is 2. The molecule has 2 heterocycles. The second-order valence-electron chi connectivity index (χ2n) is 7.79. The Kier molecular flexibility index (Phi) is 4.02. The van der Waals surface area contributed by atoms with E-state index in [9.17, 15) is 4.79 Å². The molecule has 5 nitrogen and oxygen atoms in total. The highest BCUT2D eigenvalue weighted by molar-refractivity contribution is 6.02. The normalized spacial score (nSPS) is 14.9. The summed E-state index contributed by atoms with van der Waals surface area (Å²) in [5, 5.41) is 6.02. The molecule has 0 spiro atoms. The average Bonchev–Trinajstić information content (AvgIpc) is 3.23. The summed E-state index contributed by atoms with van der Waals surface area (Å²) in [6, 6.07) is 9.68. The molecule has 4 rings (SSSR count). The summed E-state index contributed by atoms with van der Waals surface area (Å²) in [4.78, 5) is 12.7.